The number of fused-ring (bicyclic) bond motifs is 1. The van der Waals surface area contributed by atoms with Crippen molar-refractivity contribution in [2.75, 3.05) is 37.5 Å². The molecule has 0 saturated carbocycles. The predicted molar refractivity (Wildman–Crippen MR) is 100 cm³/mol. The molecule has 0 spiro atoms. The number of nitrogens with zero attached hydrogens (tertiary/aromatic N) is 4. The molecule has 0 bridgehead atoms. The van der Waals surface area contributed by atoms with Gasteiger partial charge in [-0.05, 0) is 12.8 Å². The summed E-state index contributed by atoms with van der Waals surface area (Å²) < 4.78 is 10.7. The van der Waals surface area contributed by atoms with E-state index < -0.39 is 0 Å². The first kappa shape index (κ1) is 16.4. The number of rotatable bonds is 5. The van der Waals surface area contributed by atoms with Gasteiger partial charge in [-0.25, -0.2) is 9.97 Å². The molecule has 1 aliphatic rings. The van der Waals surface area contributed by atoms with Gasteiger partial charge in [-0.2, -0.15) is 5.10 Å². The summed E-state index contributed by atoms with van der Waals surface area (Å²) in [6.45, 7) is 1.83. The van der Waals surface area contributed by atoms with Gasteiger partial charge in [-0.1, -0.05) is 0 Å². The van der Waals surface area contributed by atoms with Crippen LogP contribution < -0.4 is 19.7 Å². The highest BCUT2D eigenvalue weighted by atomic mass is 16.5. The van der Waals surface area contributed by atoms with Crippen LogP contribution in [0, 0.1) is 0 Å². The van der Waals surface area contributed by atoms with Crippen molar-refractivity contribution in [3.8, 4) is 11.5 Å². The highest BCUT2D eigenvalue weighted by Gasteiger charge is 2.23. The molecule has 1 fully saturated rings. The molecule has 1 aliphatic heterocycles. The van der Waals surface area contributed by atoms with Gasteiger partial charge < -0.3 is 19.7 Å². The molecular weight excluding hydrogens is 332 g/mol. The number of hydrogen-bond donors (Lipinski definition) is 2. The summed E-state index contributed by atoms with van der Waals surface area (Å²) in [5.74, 6) is 2.48. The highest BCUT2D eigenvalue weighted by molar-refractivity contribution is 5.86. The Kier molecular flexibility index (Phi) is 4.47. The lowest BCUT2D eigenvalue weighted by molar-refractivity contribution is 0.394. The summed E-state index contributed by atoms with van der Waals surface area (Å²) >= 11 is 0. The number of benzene rings is 1. The third-order valence-corrected chi connectivity index (χ3v) is 4.67. The molecule has 3 aromatic rings. The molecule has 2 aromatic heterocycles. The minimum atomic E-state index is 0.303. The van der Waals surface area contributed by atoms with Crippen molar-refractivity contribution in [3.05, 3.63) is 30.7 Å². The van der Waals surface area contributed by atoms with E-state index >= 15 is 0 Å². The van der Waals surface area contributed by atoms with E-state index in [1.54, 1.807) is 26.7 Å². The minimum absolute atomic E-state index is 0.303. The Morgan fingerprint density at radius 1 is 1.15 bits per heavy atom. The van der Waals surface area contributed by atoms with E-state index in [-0.39, 0.29) is 0 Å². The Labute approximate surface area is 151 Å². The Morgan fingerprint density at radius 3 is 2.73 bits per heavy atom. The third-order valence-electron chi connectivity index (χ3n) is 4.67. The summed E-state index contributed by atoms with van der Waals surface area (Å²) in [6, 6.07) is 6.15. The largest absolute Gasteiger partial charge is 0.497 e. The Morgan fingerprint density at radius 2 is 1.96 bits per heavy atom. The van der Waals surface area contributed by atoms with Crippen LogP contribution in [0.4, 0.5) is 11.5 Å². The molecular formula is C18H22N6O2. The molecule has 4 rings (SSSR count). The van der Waals surface area contributed by atoms with Gasteiger partial charge in [0.05, 0.1) is 25.8 Å². The van der Waals surface area contributed by atoms with Crippen molar-refractivity contribution < 1.29 is 9.47 Å². The molecule has 1 atom stereocenters. The third kappa shape index (κ3) is 3.22. The first-order valence-electron chi connectivity index (χ1n) is 8.65. The number of aromatic nitrogens is 4. The second-order valence-electron chi connectivity index (χ2n) is 6.36. The fourth-order valence-electron chi connectivity index (χ4n) is 3.42. The van der Waals surface area contributed by atoms with Gasteiger partial charge in [0.15, 0.2) is 5.65 Å². The van der Waals surface area contributed by atoms with Crippen LogP contribution in [-0.4, -0.2) is 53.5 Å². The molecule has 1 unspecified atom stereocenters. The number of anilines is 2. The normalized spacial score (nSPS) is 17.3. The number of piperidine rings is 1. The van der Waals surface area contributed by atoms with Gasteiger partial charge in [-0.3, -0.25) is 5.10 Å². The Hall–Kier alpha value is -3.03. The van der Waals surface area contributed by atoms with Gasteiger partial charge >= 0.3 is 0 Å². The molecule has 3 heterocycles. The monoisotopic (exact) mass is 354 g/mol. The van der Waals surface area contributed by atoms with Gasteiger partial charge in [0.1, 0.15) is 23.6 Å². The number of ether oxygens (including phenoxy) is 2. The predicted octanol–water partition coefficient (Wildman–Crippen LogP) is 2.45. The molecule has 0 aliphatic carbocycles. The molecule has 26 heavy (non-hydrogen) atoms. The van der Waals surface area contributed by atoms with E-state index in [9.17, 15) is 0 Å². The molecule has 8 heteroatoms. The molecule has 1 saturated heterocycles. The number of methoxy groups -OCH3 is 2. The molecule has 136 valence electrons. The van der Waals surface area contributed by atoms with Crippen molar-refractivity contribution in [3.63, 3.8) is 0 Å². The molecule has 2 N–H and O–H groups in total. The maximum Gasteiger partial charge on any atom is 0.160 e. The average Bonchev–Trinajstić information content (AvgIpc) is 3.16. The van der Waals surface area contributed by atoms with E-state index in [2.05, 4.69) is 30.4 Å². The molecule has 1 aromatic carbocycles. The van der Waals surface area contributed by atoms with E-state index in [1.165, 1.54) is 0 Å². The van der Waals surface area contributed by atoms with Crippen LogP contribution in [0.3, 0.4) is 0 Å². The SMILES string of the molecule is COc1cc(NC2CCCN(c3ncnc4[nH]ncc34)C2)cc(OC)c1. The van der Waals surface area contributed by atoms with Crippen molar-refractivity contribution >= 4 is 22.5 Å². The lowest BCUT2D eigenvalue weighted by Gasteiger charge is -2.34. The maximum atomic E-state index is 5.36. The van der Waals surface area contributed by atoms with Crippen LogP contribution in [0.2, 0.25) is 0 Å². The zero-order valence-corrected chi connectivity index (χ0v) is 14.9. The summed E-state index contributed by atoms with van der Waals surface area (Å²) in [5, 5.41) is 11.5. The topological polar surface area (TPSA) is 88.2 Å². The smallest absolute Gasteiger partial charge is 0.160 e. The van der Waals surface area contributed by atoms with E-state index in [4.69, 9.17) is 9.47 Å². The Bertz CT molecular complexity index is 874. The first-order chi connectivity index (χ1) is 12.8. The standard InChI is InChI=1S/C18H22N6O2/c1-25-14-6-13(7-15(8-14)26-2)22-12-4-3-5-24(10-12)18-16-9-21-23-17(16)19-11-20-18/h6-9,11-12,22H,3-5,10H2,1-2H3,(H,19,20,21,23). The number of aromatic amines is 1. The summed E-state index contributed by atoms with van der Waals surface area (Å²) in [4.78, 5) is 11.0. The van der Waals surface area contributed by atoms with E-state index in [0.29, 0.717) is 6.04 Å². The number of H-pyrrole nitrogens is 1. The fraction of sp³-hybridized carbons (Fsp3) is 0.389. The van der Waals surface area contributed by atoms with Gasteiger partial charge in [0.25, 0.3) is 0 Å². The molecule has 0 amide bonds. The average molecular weight is 354 g/mol. The van der Waals surface area contributed by atoms with Crippen LogP contribution in [0.25, 0.3) is 11.0 Å². The van der Waals surface area contributed by atoms with Crippen molar-refractivity contribution in [1.29, 1.82) is 0 Å². The second-order valence-corrected chi connectivity index (χ2v) is 6.36. The van der Waals surface area contributed by atoms with Crippen LogP contribution in [0.5, 0.6) is 11.5 Å². The number of nitrogens with one attached hydrogen (secondary N) is 2. The lowest BCUT2D eigenvalue weighted by atomic mass is 10.0. The minimum Gasteiger partial charge on any atom is -0.497 e. The molecule has 8 nitrogen and oxygen atoms in total. The zero-order valence-electron chi connectivity index (χ0n) is 14.9. The maximum absolute atomic E-state index is 5.36. The summed E-state index contributed by atoms with van der Waals surface area (Å²) in [5.41, 5.74) is 1.76. The summed E-state index contributed by atoms with van der Waals surface area (Å²) in [7, 11) is 3.32. The van der Waals surface area contributed by atoms with Crippen LogP contribution in [-0.2, 0) is 0 Å². The molecule has 0 radical (unpaired) electrons. The van der Waals surface area contributed by atoms with E-state index in [1.807, 2.05) is 18.2 Å². The second kappa shape index (κ2) is 7.07. The highest BCUT2D eigenvalue weighted by Crippen LogP contribution is 2.29. The van der Waals surface area contributed by atoms with Crippen molar-refractivity contribution in [2.24, 2.45) is 0 Å². The summed E-state index contributed by atoms with van der Waals surface area (Å²) in [6.07, 6.45) is 5.55. The van der Waals surface area contributed by atoms with Gasteiger partial charge in [0.2, 0.25) is 0 Å². The Balaban J connectivity index is 1.53. The van der Waals surface area contributed by atoms with Crippen molar-refractivity contribution in [2.45, 2.75) is 18.9 Å². The van der Waals surface area contributed by atoms with Gasteiger partial charge in [0, 0.05) is 43.0 Å². The van der Waals surface area contributed by atoms with Gasteiger partial charge in [-0.15, -0.1) is 0 Å². The van der Waals surface area contributed by atoms with Crippen LogP contribution in [0.1, 0.15) is 12.8 Å². The fourth-order valence-corrected chi connectivity index (χ4v) is 3.42. The first-order valence-corrected chi connectivity index (χ1v) is 8.65. The zero-order chi connectivity index (χ0) is 17.9. The van der Waals surface area contributed by atoms with Crippen LogP contribution in [0.15, 0.2) is 30.7 Å². The lowest BCUT2D eigenvalue weighted by Crippen LogP contribution is -2.42. The number of hydrogen-bond acceptors (Lipinski definition) is 7. The van der Waals surface area contributed by atoms with Crippen LogP contribution >= 0.6 is 0 Å². The van der Waals surface area contributed by atoms with E-state index in [0.717, 1.165) is 60.0 Å². The van der Waals surface area contributed by atoms with Crippen molar-refractivity contribution in [1.82, 2.24) is 20.2 Å². The quantitative estimate of drug-likeness (QED) is 0.727.